The summed E-state index contributed by atoms with van der Waals surface area (Å²) in [6, 6.07) is 5.04. The van der Waals surface area contributed by atoms with Gasteiger partial charge in [-0.25, -0.2) is 8.78 Å². The largest absolute Gasteiger partial charge is 0.492 e. The number of benzene rings is 2. The highest BCUT2D eigenvalue weighted by atomic mass is 79.9. The summed E-state index contributed by atoms with van der Waals surface area (Å²) in [5.41, 5.74) is 5.99. The van der Waals surface area contributed by atoms with Crippen molar-refractivity contribution in [3.8, 4) is 5.75 Å². The van der Waals surface area contributed by atoms with Crippen molar-refractivity contribution >= 4 is 27.4 Å². The molecule has 2 aromatic carbocycles. The second-order valence-corrected chi connectivity index (χ2v) is 5.64. The maximum Gasteiger partial charge on any atom is 0.199 e. The molecule has 0 atom stereocenters. The van der Waals surface area contributed by atoms with E-state index in [0.29, 0.717) is 29.3 Å². The van der Waals surface area contributed by atoms with Gasteiger partial charge in [0, 0.05) is 17.0 Å². The monoisotopic (exact) mass is 353 g/mol. The van der Waals surface area contributed by atoms with E-state index in [9.17, 15) is 13.6 Å². The van der Waals surface area contributed by atoms with Crippen LogP contribution in [0.2, 0.25) is 0 Å². The molecule has 0 spiro atoms. The van der Waals surface area contributed by atoms with Crippen LogP contribution in [0.25, 0.3) is 0 Å². The zero-order valence-electron chi connectivity index (χ0n) is 10.8. The molecule has 6 heteroatoms. The van der Waals surface area contributed by atoms with Gasteiger partial charge in [-0.15, -0.1) is 0 Å². The third kappa shape index (κ3) is 2.40. The minimum absolute atomic E-state index is 0.238. The molecular formula is C15H10BrF2NO2. The standard InChI is InChI=1S/C15H10BrF2NO2/c16-8-3-7-1-2-21-15(7)10(4-8)14(20)9-5-13(19)12(18)6-11(9)17/h3-6H,1-2,19H2. The van der Waals surface area contributed by atoms with Gasteiger partial charge in [-0.2, -0.15) is 0 Å². The molecule has 3 rings (SSSR count). The van der Waals surface area contributed by atoms with Crippen LogP contribution in [0.1, 0.15) is 21.5 Å². The van der Waals surface area contributed by atoms with Crippen molar-refractivity contribution in [2.75, 3.05) is 12.3 Å². The van der Waals surface area contributed by atoms with E-state index in [4.69, 9.17) is 10.5 Å². The fourth-order valence-corrected chi connectivity index (χ4v) is 2.83. The molecule has 0 saturated heterocycles. The van der Waals surface area contributed by atoms with E-state index < -0.39 is 17.4 Å². The van der Waals surface area contributed by atoms with Gasteiger partial charge in [-0.1, -0.05) is 15.9 Å². The van der Waals surface area contributed by atoms with Crippen molar-refractivity contribution in [2.24, 2.45) is 0 Å². The van der Waals surface area contributed by atoms with Crippen molar-refractivity contribution in [1.29, 1.82) is 0 Å². The number of hydrogen-bond donors (Lipinski definition) is 1. The first-order chi connectivity index (χ1) is 9.97. The third-order valence-electron chi connectivity index (χ3n) is 3.32. The number of rotatable bonds is 2. The van der Waals surface area contributed by atoms with Crippen LogP contribution in [0.3, 0.4) is 0 Å². The van der Waals surface area contributed by atoms with Gasteiger partial charge >= 0.3 is 0 Å². The smallest absolute Gasteiger partial charge is 0.199 e. The van der Waals surface area contributed by atoms with Gasteiger partial charge in [0.2, 0.25) is 0 Å². The van der Waals surface area contributed by atoms with E-state index in [2.05, 4.69) is 15.9 Å². The first-order valence-electron chi connectivity index (χ1n) is 6.22. The van der Waals surface area contributed by atoms with Crippen molar-refractivity contribution < 1.29 is 18.3 Å². The van der Waals surface area contributed by atoms with E-state index in [0.717, 1.165) is 11.6 Å². The van der Waals surface area contributed by atoms with E-state index in [-0.39, 0.29) is 16.8 Å². The molecule has 2 N–H and O–H groups in total. The molecule has 0 bridgehead atoms. The van der Waals surface area contributed by atoms with Gasteiger partial charge in [0.15, 0.2) is 5.78 Å². The Balaban J connectivity index is 2.14. The Morgan fingerprint density at radius 1 is 1.14 bits per heavy atom. The summed E-state index contributed by atoms with van der Waals surface area (Å²) in [5.74, 6) is -1.97. The number of carbonyl (C=O) groups excluding carboxylic acids is 1. The van der Waals surface area contributed by atoms with Crippen LogP contribution in [0, 0.1) is 11.6 Å². The van der Waals surface area contributed by atoms with Crippen LogP contribution in [0.5, 0.6) is 5.75 Å². The quantitative estimate of drug-likeness (QED) is 0.664. The van der Waals surface area contributed by atoms with Crippen LogP contribution >= 0.6 is 15.9 Å². The Hall–Kier alpha value is -1.95. The van der Waals surface area contributed by atoms with Crippen molar-refractivity contribution in [3.63, 3.8) is 0 Å². The molecule has 0 aromatic heterocycles. The Morgan fingerprint density at radius 2 is 1.90 bits per heavy atom. The fraction of sp³-hybridized carbons (Fsp3) is 0.133. The molecular weight excluding hydrogens is 344 g/mol. The normalized spacial score (nSPS) is 12.9. The molecule has 1 aliphatic rings. The van der Waals surface area contributed by atoms with E-state index >= 15 is 0 Å². The number of nitrogen functional groups attached to an aromatic ring is 1. The summed E-state index contributed by atoms with van der Waals surface area (Å²) in [5, 5.41) is 0. The first kappa shape index (κ1) is 14.0. The Labute approximate surface area is 127 Å². The molecule has 0 amide bonds. The molecule has 108 valence electrons. The highest BCUT2D eigenvalue weighted by molar-refractivity contribution is 9.10. The molecule has 0 unspecified atom stereocenters. The van der Waals surface area contributed by atoms with E-state index in [1.807, 2.05) is 6.07 Å². The predicted molar refractivity (Wildman–Crippen MR) is 77.5 cm³/mol. The van der Waals surface area contributed by atoms with Gasteiger partial charge in [-0.3, -0.25) is 4.79 Å². The van der Waals surface area contributed by atoms with Crippen LogP contribution in [-0.2, 0) is 6.42 Å². The van der Waals surface area contributed by atoms with E-state index in [1.165, 1.54) is 0 Å². The fourth-order valence-electron chi connectivity index (χ4n) is 2.32. The van der Waals surface area contributed by atoms with Crippen LogP contribution in [-0.4, -0.2) is 12.4 Å². The average molecular weight is 354 g/mol. The Morgan fingerprint density at radius 3 is 2.67 bits per heavy atom. The Kier molecular flexibility index (Phi) is 3.41. The topological polar surface area (TPSA) is 52.3 Å². The number of ketones is 1. The molecule has 0 radical (unpaired) electrons. The molecule has 0 fully saturated rings. The van der Waals surface area contributed by atoms with Gasteiger partial charge in [0.05, 0.1) is 23.4 Å². The zero-order chi connectivity index (χ0) is 15.1. The first-order valence-corrected chi connectivity index (χ1v) is 7.01. The summed E-state index contributed by atoms with van der Waals surface area (Å²) in [4.78, 5) is 12.5. The summed E-state index contributed by atoms with van der Waals surface area (Å²) >= 11 is 3.31. The van der Waals surface area contributed by atoms with Crippen molar-refractivity contribution in [2.45, 2.75) is 6.42 Å². The molecule has 3 nitrogen and oxygen atoms in total. The highest BCUT2D eigenvalue weighted by Crippen LogP contribution is 2.35. The molecule has 0 aliphatic carbocycles. The van der Waals surface area contributed by atoms with Crippen LogP contribution in [0.15, 0.2) is 28.7 Å². The minimum atomic E-state index is -0.946. The number of hydrogen-bond acceptors (Lipinski definition) is 3. The summed E-state index contributed by atoms with van der Waals surface area (Å²) in [6.07, 6.45) is 0.684. The van der Waals surface area contributed by atoms with Crippen LogP contribution in [0.4, 0.5) is 14.5 Å². The second-order valence-electron chi connectivity index (χ2n) is 4.72. The number of nitrogens with two attached hydrogens (primary N) is 1. The molecule has 1 heterocycles. The lowest BCUT2D eigenvalue weighted by Crippen LogP contribution is -2.08. The molecule has 21 heavy (non-hydrogen) atoms. The van der Waals surface area contributed by atoms with Crippen molar-refractivity contribution in [1.82, 2.24) is 0 Å². The third-order valence-corrected chi connectivity index (χ3v) is 3.78. The highest BCUT2D eigenvalue weighted by Gasteiger charge is 2.25. The maximum atomic E-state index is 13.8. The lowest BCUT2D eigenvalue weighted by molar-refractivity contribution is 0.103. The zero-order valence-corrected chi connectivity index (χ0v) is 12.3. The maximum absolute atomic E-state index is 13.8. The van der Waals surface area contributed by atoms with E-state index in [1.54, 1.807) is 6.07 Å². The number of fused-ring (bicyclic) bond motifs is 1. The minimum Gasteiger partial charge on any atom is -0.492 e. The molecule has 1 aliphatic heterocycles. The number of halogens is 3. The second kappa shape index (κ2) is 5.11. The lowest BCUT2D eigenvalue weighted by atomic mass is 9.99. The molecule has 2 aromatic rings. The predicted octanol–water partition coefficient (Wildman–Crippen LogP) is 3.48. The summed E-state index contributed by atoms with van der Waals surface area (Å²) in [7, 11) is 0. The van der Waals surface area contributed by atoms with Crippen LogP contribution < -0.4 is 10.5 Å². The molecule has 0 saturated carbocycles. The van der Waals surface area contributed by atoms with Gasteiger partial charge < -0.3 is 10.5 Å². The lowest BCUT2D eigenvalue weighted by Gasteiger charge is -2.10. The van der Waals surface area contributed by atoms with Gasteiger partial charge in [0.1, 0.15) is 17.4 Å². The number of ether oxygens (including phenoxy) is 1. The average Bonchev–Trinajstić information content (AvgIpc) is 2.89. The van der Waals surface area contributed by atoms with Gasteiger partial charge in [0.25, 0.3) is 0 Å². The number of anilines is 1. The summed E-state index contributed by atoms with van der Waals surface area (Å²) < 4.78 is 33.2. The summed E-state index contributed by atoms with van der Waals surface area (Å²) in [6.45, 7) is 0.472. The Bertz CT molecular complexity index is 762. The van der Waals surface area contributed by atoms with Crippen molar-refractivity contribution in [3.05, 3.63) is 57.1 Å². The van der Waals surface area contributed by atoms with Gasteiger partial charge in [-0.05, 0) is 23.8 Å². The number of carbonyl (C=O) groups is 1. The SMILES string of the molecule is Nc1cc(C(=O)c2cc(Br)cc3c2OCC3)c(F)cc1F.